The summed E-state index contributed by atoms with van der Waals surface area (Å²) in [6, 6.07) is 10.3. The van der Waals surface area contributed by atoms with Crippen LogP contribution in [0.25, 0.3) is 5.76 Å². The van der Waals surface area contributed by atoms with E-state index in [1.807, 2.05) is 38.1 Å². The molecule has 1 saturated heterocycles. The topological polar surface area (TPSA) is 66.8 Å². The van der Waals surface area contributed by atoms with Crippen LogP contribution >= 0.6 is 0 Å². The van der Waals surface area contributed by atoms with E-state index in [0.717, 1.165) is 11.6 Å². The number of hydrogen-bond acceptors (Lipinski definition) is 4. The van der Waals surface area contributed by atoms with Gasteiger partial charge < -0.3 is 14.7 Å². The lowest BCUT2D eigenvalue weighted by Crippen LogP contribution is -2.30. The lowest BCUT2D eigenvalue weighted by atomic mass is 9.94. The number of aryl methyl sites for hydroxylation is 1. The maximum atomic E-state index is 13.8. The van der Waals surface area contributed by atoms with Gasteiger partial charge in [0.1, 0.15) is 17.3 Å². The fraction of sp³-hybridized carbons (Fsp3) is 0.273. The second kappa shape index (κ2) is 7.84. The maximum absolute atomic E-state index is 13.8. The summed E-state index contributed by atoms with van der Waals surface area (Å²) < 4.78 is 19.0. The van der Waals surface area contributed by atoms with Crippen molar-refractivity contribution in [3.63, 3.8) is 0 Å². The van der Waals surface area contributed by atoms with Crippen LogP contribution in [-0.4, -0.2) is 35.4 Å². The van der Waals surface area contributed by atoms with Gasteiger partial charge in [-0.1, -0.05) is 36.8 Å². The second-order valence-corrected chi connectivity index (χ2v) is 6.75. The molecule has 1 N–H and O–H groups in total. The largest absolute Gasteiger partial charge is 0.507 e. The molecule has 6 heteroatoms. The number of Topliss-reactive ketones (excluding diaryl/α,β-unsaturated/α-hetero) is 1. The van der Waals surface area contributed by atoms with E-state index in [4.69, 9.17) is 4.74 Å². The molecule has 0 radical (unpaired) electrons. The predicted molar refractivity (Wildman–Crippen MR) is 103 cm³/mol. The van der Waals surface area contributed by atoms with Crippen molar-refractivity contribution in [1.82, 2.24) is 4.90 Å². The standard InChI is InChI=1S/C22H22FNO4/c1-4-10-24-19(14-7-5-6-13(2)11-14)18(21(26)22(24)27)20(25)16-12-15(23)8-9-17(16)28-3/h5-9,11-12,19,25H,4,10H2,1-3H3/b20-18+. The first-order chi connectivity index (χ1) is 13.4. The van der Waals surface area contributed by atoms with Crippen molar-refractivity contribution >= 4 is 17.4 Å². The monoisotopic (exact) mass is 383 g/mol. The number of ether oxygens (including phenoxy) is 1. The van der Waals surface area contributed by atoms with Crippen LogP contribution in [-0.2, 0) is 9.59 Å². The summed E-state index contributed by atoms with van der Waals surface area (Å²) in [6.07, 6.45) is 0.651. The van der Waals surface area contributed by atoms with E-state index in [9.17, 15) is 19.1 Å². The summed E-state index contributed by atoms with van der Waals surface area (Å²) in [7, 11) is 1.39. The summed E-state index contributed by atoms with van der Waals surface area (Å²) in [5, 5.41) is 11.0. The van der Waals surface area contributed by atoms with Crippen molar-refractivity contribution in [2.75, 3.05) is 13.7 Å². The van der Waals surface area contributed by atoms with E-state index in [-0.39, 0.29) is 16.9 Å². The molecule has 0 saturated carbocycles. The Morgan fingerprint density at radius 1 is 1.21 bits per heavy atom. The Kier molecular flexibility index (Phi) is 5.49. The molecule has 3 rings (SSSR count). The van der Waals surface area contributed by atoms with Gasteiger partial charge in [0.05, 0.1) is 24.3 Å². The van der Waals surface area contributed by atoms with Crippen molar-refractivity contribution in [3.05, 3.63) is 70.5 Å². The third kappa shape index (κ3) is 3.38. The third-order valence-electron chi connectivity index (χ3n) is 4.78. The predicted octanol–water partition coefficient (Wildman–Crippen LogP) is 3.97. The molecule has 2 aromatic carbocycles. The number of carbonyl (C=O) groups excluding carboxylic acids is 2. The van der Waals surface area contributed by atoms with Gasteiger partial charge in [-0.3, -0.25) is 9.59 Å². The van der Waals surface area contributed by atoms with E-state index < -0.39 is 29.3 Å². The van der Waals surface area contributed by atoms with Gasteiger partial charge in [0, 0.05) is 6.54 Å². The van der Waals surface area contributed by atoms with E-state index in [2.05, 4.69) is 0 Å². The van der Waals surface area contributed by atoms with Crippen molar-refractivity contribution in [2.45, 2.75) is 26.3 Å². The molecule has 0 spiro atoms. The van der Waals surface area contributed by atoms with Gasteiger partial charge in [0.2, 0.25) is 0 Å². The SMILES string of the molecule is CCCN1C(=O)C(=O)/C(=C(/O)c2cc(F)ccc2OC)C1c1cccc(C)c1. The molecule has 0 aromatic heterocycles. The van der Waals surface area contributed by atoms with Crippen LogP contribution in [0.2, 0.25) is 0 Å². The van der Waals surface area contributed by atoms with Crippen molar-refractivity contribution in [2.24, 2.45) is 0 Å². The normalized spacial score (nSPS) is 18.6. The molecule has 28 heavy (non-hydrogen) atoms. The first-order valence-electron chi connectivity index (χ1n) is 9.08. The van der Waals surface area contributed by atoms with Crippen molar-refractivity contribution in [1.29, 1.82) is 0 Å². The van der Waals surface area contributed by atoms with Gasteiger partial charge in [0.15, 0.2) is 0 Å². The van der Waals surface area contributed by atoms with Crippen LogP contribution < -0.4 is 4.74 Å². The molecular weight excluding hydrogens is 361 g/mol. The summed E-state index contributed by atoms with van der Waals surface area (Å²) >= 11 is 0. The highest BCUT2D eigenvalue weighted by molar-refractivity contribution is 6.46. The quantitative estimate of drug-likeness (QED) is 0.482. The first-order valence-corrected chi connectivity index (χ1v) is 9.08. The zero-order valence-electron chi connectivity index (χ0n) is 16.0. The second-order valence-electron chi connectivity index (χ2n) is 6.75. The number of benzene rings is 2. The number of hydrogen-bond donors (Lipinski definition) is 1. The van der Waals surface area contributed by atoms with Crippen molar-refractivity contribution < 1.29 is 23.8 Å². The summed E-state index contributed by atoms with van der Waals surface area (Å²) in [5.41, 5.74) is 1.65. The number of amides is 1. The van der Waals surface area contributed by atoms with Gasteiger partial charge in [0.25, 0.3) is 11.7 Å². The fourth-order valence-corrected chi connectivity index (χ4v) is 3.55. The van der Waals surface area contributed by atoms with Crippen molar-refractivity contribution in [3.8, 4) is 5.75 Å². The van der Waals surface area contributed by atoms with Crippen LogP contribution in [0.1, 0.15) is 36.1 Å². The highest BCUT2D eigenvalue weighted by atomic mass is 19.1. The Morgan fingerprint density at radius 2 is 1.96 bits per heavy atom. The number of likely N-dealkylation sites (tertiary alicyclic amines) is 1. The molecule has 1 amide bonds. The molecule has 146 valence electrons. The number of aliphatic hydroxyl groups is 1. The number of methoxy groups -OCH3 is 1. The van der Waals surface area contributed by atoms with E-state index >= 15 is 0 Å². The summed E-state index contributed by atoms with van der Waals surface area (Å²) in [5.74, 6) is -2.28. The number of carbonyl (C=O) groups is 2. The van der Waals surface area contributed by atoms with Gasteiger partial charge in [-0.15, -0.1) is 0 Å². The lowest BCUT2D eigenvalue weighted by molar-refractivity contribution is -0.139. The fourth-order valence-electron chi connectivity index (χ4n) is 3.55. The molecular formula is C22H22FNO4. The highest BCUT2D eigenvalue weighted by Crippen LogP contribution is 2.41. The first kappa shape index (κ1) is 19.6. The molecule has 0 bridgehead atoms. The Bertz CT molecular complexity index is 967. The molecule has 1 heterocycles. The van der Waals surface area contributed by atoms with Crippen LogP contribution in [0.3, 0.4) is 0 Å². The Morgan fingerprint density at radius 3 is 2.61 bits per heavy atom. The number of rotatable bonds is 5. The Hall–Kier alpha value is -3.15. The molecule has 5 nitrogen and oxygen atoms in total. The Balaban J connectivity index is 2.26. The number of nitrogens with zero attached hydrogens (tertiary/aromatic N) is 1. The number of ketones is 1. The zero-order chi connectivity index (χ0) is 20.4. The lowest BCUT2D eigenvalue weighted by Gasteiger charge is -2.25. The van der Waals surface area contributed by atoms with Gasteiger partial charge >= 0.3 is 0 Å². The minimum absolute atomic E-state index is 0.0367. The number of aliphatic hydroxyl groups excluding tert-OH is 1. The minimum Gasteiger partial charge on any atom is -0.507 e. The Labute approximate surface area is 163 Å². The molecule has 1 aliphatic rings. The minimum atomic E-state index is -0.788. The summed E-state index contributed by atoms with van der Waals surface area (Å²) in [6.45, 7) is 4.17. The molecule has 1 aliphatic heterocycles. The average Bonchev–Trinajstić information content (AvgIpc) is 2.92. The van der Waals surface area contributed by atoms with Crippen LogP contribution in [0.5, 0.6) is 5.75 Å². The molecule has 1 atom stereocenters. The average molecular weight is 383 g/mol. The highest BCUT2D eigenvalue weighted by Gasteiger charge is 2.45. The number of halogens is 1. The maximum Gasteiger partial charge on any atom is 0.295 e. The molecule has 0 aliphatic carbocycles. The zero-order valence-corrected chi connectivity index (χ0v) is 16.0. The third-order valence-corrected chi connectivity index (χ3v) is 4.78. The molecule has 2 aromatic rings. The van der Waals surface area contributed by atoms with Gasteiger partial charge in [-0.25, -0.2) is 4.39 Å². The van der Waals surface area contributed by atoms with Gasteiger partial charge in [-0.2, -0.15) is 0 Å². The van der Waals surface area contributed by atoms with Crippen LogP contribution in [0, 0.1) is 12.7 Å². The van der Waals surface area contributed by atoms with E-state index in [1.165, 1.54) is 24.1 Å². The summed E-state index contributed by atoms with van der Waals surface area (Å²) in [4.78, 5) is 26.9. The van der Waals surface area contributed by atoms with E-state index in [0.29, 0.717) is 18.5 Å². The van der Waals surface area contributed by atoms with Gasteiger partial charge in [-0.05, 0) is 37.1 Å². The van der Waals surface area contributed by atoms with Crippen LogP contribution in [0.4, 0.5) is 4.39 Å². The molecule has 1 unspecified atom stereocenters. The smallest absolute Gasteiger partial charge is 0.295 e. The van der Waals surface area contributed by atoms with Crippen LogP contribution in [0.15, 0.2) is 48.0 Å². The molecule has 1 fully saturated rings. The van der Waals surface area contributed by atoms with E-state index in [1.54, 1.807) is 0 Å².